The summed E-state index contributed by atoms with van der Waals surface area (Å²) in [6.07, 6.45) is 1.69. The number of ether oxygens (including phenoxy) is 1. The maximum Gasteiger partial charge on any atom is 0.172 e. The number of aliphatic hydroxyl groups is 1. The second kappa shape index (κ2) is 6.57. The molecule has 4 heteroatoms. The molecule has 0 bridgehead atoms. The van der Waals surface area contributed by atoms with Crippen LogP contribution in [0, 0.1) is 6.92 Å². The summed E-state index contributed by atoms with van der Waals surface area (Å²) in [7, 11) is 2.22. The summed E-state index contributed by atoms with van der Waals surface area (Å²) in [5.74, 6) is 0.538. The minimum absolute atomic E-state index is 0.483. The van der Waals surface area contributed by atoms with Crippen molar-refractivity contribution in [1.29, 1.82) is 0 Å². The number of benzene rings is 1. The molecule has 2 aliphatic rings. The highest BCUT2D eigenvalue weighted by atomic mass is 16.6. The number of hydrogen-bond acceptors (Lipinski definition) is 4. The maximum absolute atomic E-state index is 10.1. The smallest absolute Gasteiger partial charge is 0.172 e. The van der Waals surface area contributed by atoms with Gasteiger partial charge in [-0.15, -0.1) is 0 Å². The Bertz CT molecular complexity index is 520. The molecular weight excluding hydrogens is 276 g/mol. The topological polar surface area (TPSA) is 35.9 Å². The molecule has 0 aromatic heterocycles. The molecule has 3 rings (SSSR count). The van der Waals surface area contributed by atoms with Crippen LogP contribution in [0.15, 0.2) is 18.2 Å². The van der Waals surface area contributed by atoms with E-state index in [0.717, 1.165) is 13.1 Å². The summed E-state index contributed by atoms with van der Waals surface area (Å²) in [4.78, 5) is 4.83. The molecule has 2 aliphatic heterocycles. The molecule has 1 fully saturated rings. The normalized spacial score (nSPS) is 26.5. The average Bonchev–Trinajstić information content (AvgIpc) is 2.62. The van der Waals surface area contributed by atoms with Crippen LogP contribution in [0.2, 0.25) is 0 Å². The van der Waals surface area contributed by atoms with Crippen molar-refractivity contribution in [2.75, 3.05) is 38.2 Å². The van der Waals surface area contributed by atoms with E-state index in [1.807, 2.05) is 6.92 Å². The molecule has 0 saturated carbocycles. The van der Waals surface area contributed by atoms with E-state index in [0.29, 0.717) is 25.1 Å². The second-order valence-corrected chi connectivity index (χ2v) is 6.70. The molecule has 1 aromatic carbocycles. The van der Waals surface area contributed by atoms with E-state index in [2.05, 4.69) is 42.0 Å². The summed E-state index contributed by atoms with van der Waals surface area (Å²) in [6.45, 7) is 7.46. The summed E-state index contributed by atoms with van der Waals surface area (Å²) >= 11 is 0. The Balaban J connectivity index is 1.92. The first-order valence-electron chi connectivity index (χ1n) is 8.45. The van der Waals surface area contributed by atoms with Crippen LogP contribution in [0.4, 0.5) is 5.69 Å². The van der Waals surface area contributed by atoms with Gasteiger partial charge in [-0.2, -0.15) is 0 Å². The fourth-order valence-corrected chi connectivity index (χ4v) is 4.06. The highest BCUT2D eigenvalue weighted by molar-refractivity contribution is 5.63. The van der Waals surface area contributed by atoms with E-state index in [4.69, 9.17) is 4.74 Å². The molecule has 0 spiro atoms. The van der Waals surface area contributed by atoms with Gasteiger partial charge in [-0.3, -0.25) is 0 Å². The standard InChI is InChI=1S/C18H28N2O2/c1-4-22-18(21)12-20-16-6-5-9-19(3)11-15(16)14-10-13(2)7-8-17(14)20/h7-8,10,15-16,18,21H,4-6,9,11-12H2,1-3H3/t15-,16-,18?/m0/s1. The van der Waals surface area contributed by atoms with Crippen LogP contribution < -0.4 is 4.90 Å². The molecule has 122 valence electrons. The van der Waals surface area contributed by atoms with E-state index in [9.17, 15) is 5.11 Å². The van der Waals surface area contributed by atoms with Crippen LogP contribution in [0.3, 0.4) is 0 Å². The first-order valence-corrected chi connectivity index (χ1v) is 8.45. The van der Waals surface area contributed by atoms with Gasteiger partial charge in [0.1, 0.15) is 0 Å². The Hall–Kier alpha value is -1.10. The number of β-amino-alcohol motifs (C(OH)–C–C–N with tert-alkyl or cyclic N) is 1. The van der Waals surface area contributed by atoms with Crippen molar-refractivity contribution >= 4 is 5.69 Å². The minimum atomic E-state index is -0.709. The first-order chi connectivity index (χ1) is 10.6. The Kier molecular flexibility index (Phi) is 4.71. The number of rotatable bonds is 4. The Labute approximate surface area is 133 Å². The highest BCUT2D eigenvalue weighted by Gasteiger charge is 2.40. The summed E-state index contributed by atoms with van der Waals surface area (Å²) in [6, 6.07) is 7.21. The van der Waals surface area contributed by atoms with Gasteiger partial charge in [-0.1, -0.05) is 17.7 Å². The van der Waals surface area contributed by atoms with Crippen LogP contribution in [0.25, 0.3) is 0 Å². The van der Waals surface area contributed by atoms with Crippen LogP contribution in [0.5, 0.6) is 0 Å². The lowest BCUT2D eigenvalue weighted by Crippen LogP contribution is -2.41. The fraction of sp³-hybridized carbons (Fsp3) is 0.667. The summed E-state index contributed by atoms with van der Waals surface area (Å²) < 4.78 is 5.38. The Morgan fingerprint density at radius 3 is 3.00 bits per heavy atom. The highest BCUT2D eigenvalue weighted by Crippen LogP contribution is 2.44. The molecule has 3 atom stereocenters. The van der Waals surface area contributed by atoms with Crippen LogP contribution in [-0.2, 0) is 4.74 Å². The molecule has 1 saturated heterocycles. The lowest BCUT2D eigenvalue weighted by Gasteiger charge is -2.31. The third kappa shape index (κ3) is 3.00. The van der Waals surface area contributed by atoms with E-state index in [-0.39, 0.29) is 0 Å². The van der Waals surface area contributed by atoms with Gasteiger partial charge in [0, 0.05) is 30.8 Å². The number of hydrogen-bond donors (Lipinski definition) is 1. The SMILES string of the molecule is CCOC(O)CN1c2ccc(C)cc2[C@@H]2CN(C)CCC[C@@H]21. The number of fused-ring (bicyclic) bond motifs is 3. The Morgan fingerprint density at radius 1 is 1.41 bits per heavy atom. The van der Waals surface area contributed by atoms with Gasteiger partial charge < -0.3 is 19.6 Å². The van der Waals surface area contributed by atoms with Crippen LogP contribution in [-0.4, -0.2) is 55.6 Å². The van der Waals surface area contributed by atoms with E-state index in [1.54, 1.807) is 0 Å². The summed E-state index contributed by atoms with van der Waals surface area (Å²) in [5, 5.41) is 10.1. The molecule has 0 radical (unpaired) electrons. The molecule has 1 N–H and O–H groups in total. The maximum atomic E-state index is 10.1. The van der Waals surface area contributed by atoms with Gasteiger partial charge in [-0.25, -0.2) is 0 Å². The molecule has 2 heterocycles. The van der Waals surface area contributed by atoms with Gasteiger partial charge in [0.2, 0.25) is 0 Å². The lowest BCUT2D eigenvalue weighted by molar-refractivity contribution is -0.0881. The van der Waals surface area contributed by atoms with Crippen molar-refractivity contribution in [3.8, 4) is 0 Å². The number of aliphatic hydroxyl groups excluding tert-OH is 1. The van der Waals surface area contributed by atoms with Gasteiger partial charge in [-0.05, 0) is 51.9 Å². The van der Waals surface area contributed by atoms with Crippen molar-refractivity contribution in [1.82, 2.24) is 4.90 Å². The Morgan fingerprint density at radius 2 is 2.23 bits per heavy atom. The number of nitrogens with zero attached hydrogens (tertiary/aromatic N) is 2. The minimum Gasteiger partial charge on any atom is -0.366 e. The zero-order chi connectivity index (χ0) is 15.7. The van der Waals surface area contributed by atoms with Crippen molar-refractivity contribution in [3.63, 3.8) is 0 Å². The number of anilines is 1. The number of aryl methyl sites for hydroxylation is 1. The largest absolute Gasteiger partial charge is 0.366 e. The number of likely N-dealkylation sites (tertiary alicyclic amines) is 1. The third-order valence-corrected chi connectivity index (χ3v) is 5.02. The summed E-state index contributed by atoms with van der Waals surface area (Å²) in [5.41, 5.74) is 4.05. The molecule has 1 unspecified atom stereocenters. The van der Waals surface area contributed by atoms with Gasteiger partial charge in [0.05, 0.1) is 6.54 Å². The zero-order valence-electron chi connectivity index (χ0n) is 14.0. The van der Waals surface area contributed by atoms with Gasteiger partial charge in [0.25, 0.3) is 0 Å². The molecule has 0 aliphatic carbocycles. The molecule has 22 heavy (non-hydrogen) atoms. The average molecular weight is 304 g/mol. The van der Waals surface area contributed by atoms with Gasteiger partial charge >= 0.3 is 0 Å². The quantitative estimate of drug-likeness (QED) is 0.866. The van der Waals surface area contributed by atoms with Crippen molar-refractivity contribution in [3.05, 3.63) is 29.3 Å². The molecule has 0 amide bonds. The predicted octanol–water partition coefficient (Wildman–Crippen LogP) is 2.35. The molecular formula is C18H28N2O2. The molecule has 1 aromatic rings. The van der Waals surface area contributed by atoms with Crippen molar-refractivity contribution < 1.29 is 9.84 Å². The predicted molar refractivity (Wildman–Crippen MR) is 89.4 cm³/mol. The van der Waals surface area contributed by atoms with Crippen molar-refractivity contribution in [2.24, 2.45) is 0 Å². The lowest BCUT2D eigenvalue weighted by atomic mass is 9.92. The van der Waals surface area contributed by atoms with Crippen LogP contribution >= 0.6 is 0 Å². The first kappa shape index (κ1) is 15.8. The van der Waals surface area contributed by atoms with E-state index >= 15 is 0 Å². The number of likely N-dealkylation sites (N-methyl/N-ethyl adjacent to an activating group) is 1. The molecule has 4 nitrogen and oxygen atoms in total. The second-order valence-electron chi connectivity index (χ2n) is 6.70. The van der Waals surface area contributed by atoms with E-state index < -0.39 is 6.29 Å². The van der Waals surface area contributed by atoms with Gasteiger partial charge in [0.15, 0.2) is 6.29 Å². The zero-order valence-corrected chi connectivity index (χ0v) is 14.0. The van der Waals surface area contributed by atoms with E-state index in [1.165, 1.54) is 29.7 Å². The van der Waals surface area contributed by atoms with Crippen LogP contribution in [0.1, 0.15) is 36.8 Å². The monoisotopic (exact) mass is 304 g/mol. The fourth-order valence-electron chi connectivity index (χ4n) is 4.06. The van der Waals surface area contributed by atoms with Crippen molar-refractivity contribution in [2.45, 2.75) is 44.9 Å². The third-order valence-electron chi connectivity index (χ3n) is 5.02.